The zero-order valence-corrected chi connectivity index (χ0v) is 12.4. The van der Waals surface area contributed by atoms with Crippen LogP contribution in [0, 0.1) is 0 Å². The summed E-state index contributed by atoms with van der Waals surface area (Å²) < 4.78 is 5.94. The highest BCUT2D eigenvalue weighted by molar-refractivity contribution is 7.17. The predicted molar refractivity (Wildman–Crippen MR) is 80.2 cm³/mol. The Morgan fingerprint density at radius 2 is 2.35 bits per heavy atom. The summed E-state index contributed by atoms with van der Waals surface area (Å²) in [5.74, 6) is 0.768. The second-order valence-electron chi connectivity index (χ2n) is 4.38. The van der Waals surface area contributed by atoms with Gasteiger partial charge in [-0.05, 0) is 17.9 Å². The number of fused-ring (bicyclic) bond motifs is 1. The van der Waals surface area contributed by atoms with Gasteiger partial charge in [0.2, 0.25) is 5.91 Å². The van der Waals surface area contributed by atoms with Gasteiger partial charge in [-0.3, -0.25) is 4.79 Å². The quantitative estimate of drug-likeness (QED) is 0.779. The fourth-order valence-electron chi connectivity index (χ4n) is 1.84. The molecular weight excluding hydrogens is 276 g/mol. The molecule has 0 aromatic carbocycles. The number of nitrogens with zero attached hydrogens (tertiary/aromatic N) is 3. The molecule has 0 unspecified atom stereocenters. The molecule has 0 aliphatic heterocycles. The van der Waals surface area contributed by atoms with Gasteiger partial charge < -0.3 is 15.0 Å². The molecule has 2 rings (SSSR count). The highest BCUT2D eigenvalue weighted by atomic mass is 32.1. The summed E-state index contributed by atoms with van der Waals surface area (Å²) in [6.07, 6.45) is 2.34. The molecule has 6 nitrogen and oxygen atoms in total. The highest BCUT2D eigenvalue weighted by Gasteiger charge is 2.12. The largest absolute Gasteiger partial charge is 0.385 e. The van der Waals surface area contributed by atoms with Crippen LogP contribution >= 0.6 is 11.3 Å². The van der Waals surface area contributed by atoms with Crippen LogP contribution in [0.3, 0.4) is 0 Å². The van der Waals surface area contributed by atoms with Crippen molar-refractivity contribution in [3.8, 4) is 0 Å². The first kappa shape index (κ1) is 14.7. The molecule has 1 amide bonds. The highest BCUT2D eigenvalue weighted by Crippen LogP contribution is 2.26. The number of thiophene rings is 1. The van der Waals surface area contributed by atoms with E-state index in [1.54, 1.807) is 18.4 Å². The minimum Gasteiger partial charge on any atom is -0.385 e. The van der Waals surface area contributed by atoms with Crippen molar-refractivity contribution in [2.75, 3.05) is 38.8 Å². The lowest BCUT2D eigenvalue weighted by Crippen LogP contribution is -2.36. The van der Waals surface area contributed by atoms with Gasteiger partial charge in [0, 0.05) is 27.3 Å². The lowest BCUT2D eigenvalue weighted by atomic mass is 10.4. The number of methoxy groups -OCH3 is 1. The van der Waals surface area contributed by atoms with Crippen molar-refractivity contribution in [3.63, 3.8) is 0 Å². The number of ether oxygens (including phenoxy) is 1. The van der Waals surface area contributed by atoms with Gasteiger partial charge >= 0.3 is 0 Å². The molecule has 0 aliphatic rings. The van der Waals surface area contributed by atoms with Crippen molar-refractivity contribution in [1.82, 2.24) is 15.3 Å². The van der Waals surface area contributed by atoms with Crippen LogP contribution in [0.15, 0.2) is 17.8 Å². The van der Waals surface area contributed by atoms with Gasteiger partial charge in [0.1, 0.15) is 12.1 Å². The number of hydrogen-bond acceptors (Lipinski definition) is 6. The first-order chi connectivity index (χ1) is 9.72. The molecule has 2 heterocycles. The van der Waals surface area contributed by atoms with E-state index in [-0.39, 0.29) is 12.5 Å². The van der Waals surface area contributed by atoms with Crippen LogP contribution in [0.1, 0.15) is 6.42 Å². The first-order valence-electron chi connectivity index (χ1n) is 6.37. The van der Waals surface area contributed by atoms with Gasteiger partial charge in [-0.25, -0.2) is 9.97 Å². The lowest BCUT2D eigenvalue weighted by Gasteiger charge is -2.17. The minimum atomic E-state index is -0.0214. The Kier molecular flexibility index (Phi) is 5.25. The van der Waals surface area contributed by atoms with Crippen molar-refractivity contribution in [1.29, 1.82) is 0 Å². The summed E-state index contributed by atoms with van der Waals surface area (Å²) in [5.41, 5.74) is 0.910. The third kappa shape index (κ3) is 3.64. The zero-order chi connectivity index (χ0) is 14.4. The van der Waals surface area contributed by atoms with E-state index in [0.29, 0.717) is 13.2 Å². The molecule has 7 heteroatoms. The summed E-state index contributed by atoms with van der Waals surface area (Å²) >= 11 is 1.58. The molecule has 0 aliphatic carbocycles. The predicted octanol–water partition coefficient (Wildman–Crippen LogP) is 1.28. The molecule has 0 bridgehead atoms. The van der Waals surface area contributed by atoms with E-state index >= 15 is 0 Å². The van der Waals surface area contributed by atoms with Crippen LogP contribution in [0.25, 0.3) is 10.2 Å². The standard InChI is InChI=1S/C13H18N4O2S/c1-17(8-11(18)14-5-3-6-19-2)13-12-10(4-7-20-12)15-9-16-13/h4,7,9H,3,5-6,8H2,1-2H3,(H,14,18). The number of anilines is 1. The number of nitrogens with one attached hydrogen (secondary N) is 1. The summed E-state index contributed by atoms with van der Waals surface area (Å²) in [6.45, 7) is 1.55. The molecule has 2 aromatic heterocycles. The summed E-state index contributed by atoms with van der Waals surface area (Å²) in [4.78, 5) is 22.1. The van der Waals surface area contributed by atoms with E-state index < -0.39 is 0 Å². The maximum Gasteiger partial charge on any atom is 0.239 e. The van der Waals surface area contributed by atoms with Gasteiger partial charge in [-0.1, -0.05) is 0 Å². The monoisotopic (exact) mass is 294 g/mol. The van der Waals surface area contributed by atoms with Crippen molar-refractivity contribution in [2.24, 2.45) is 0 Å². The third-order valence-corrected chi connectivity index (χ3v) is 3.71. The van der Waals surface area contributed by atoms with Crippen molar-refractivity contribution in [3.05, 3.63) is 17.8 Å². The molecule has 0 saturated heterocycles. The Labute approximate surface area is 121 Å². The Balaban J connectivity index is 1.92. The van der Waals surface area contributed by atoms with Crippen molar-refractivity contribution in [2.45, 2.75) is 6.42 Å². The van der Waals surface area contributed by atoms with Crippen LogP contribution in [0.4, 0.5) is 5.82 Å². The fourth-order valence-corrected chi connectivity index (χ4v) is 2.73. The second kappa shape index (κ2) is 7.16. The smallest absolute Gasteiger partial charge is 0.239 e. The van der Waals surface area contributed by atoms with Crippen LogP contribution in [0.2, 0.25) is 0 Å². The van der Waals surface area contributed by atoms with E-state index in [0.717, 1.165) is 22.5 Å². The van der Waals surface area contributed by atoms with Gasteiger partial charge in [0.25, 0.3) is 0 Å². The van der Waals surface area contributed by atoms with Crippen molar-refractivity contribution >= 4 is 33.3 Å². The molecule has 0 radical (unpaired) electrons. The molecule has 108 valence electrons. The number of hydrogen-bond donors (Lipinski definition) is 1. The van der Waals surface area contributed by atoms with E-state index in [2.05, 4.69) is 15.3 Å². The molecule has 1 N–H and O–H groups in total. The molecule has 2 aromatic rings. The third-order valence-electron chi connectivity index (χ3n) is 2.81. The van der Waals surface area contributed by atoms with Crippen LogP contribution in [0.5, 0.6) is 0 Å². The number of amides is 1. The van der Waals surface area contributed by atoms with Crippen LogP contribution in [-0.2, 0) is 9.53 Å². The summed E-state index contributed by atoms with van der Waals surface area (Å²) in [7, 11) is 3.51. The molecule has 0 atom stereocenters. The Morgan fingerprint density at radius 3 is 3.15 bits per heavy atom. The molecule has 0 fully saturated rings. The normalized spacial score (nSPS) is 10.7. The van der Waals surface area contributed by atoms with Gasteiger partial charge in [-0.2, -0.15) is 0 Å². The molecule has 0 spiro atoms. The fraction of sp³-hybridized carbons (Fsp3) is 0.462. The van der Waals surface area contributed by atoms with Crippen LogP contribution < -0.4 is 10.2 Å². The van der Waals surface area contributed by atoms with E-state index in [4.69, 9.17) is 4.74 Å². The molecule has 20 heavy (non-hydrogen) atoms. The zero-order valence-electron chi connectivity index (χ0n) is 11.6. The number of carbonyl (C=O) groups excluding carboxylic acids is 1. The lowest BCUT2D eigenvalue weighted by molar-refractivity contribution is -0.119. The van der Waals surface area contributed by atoms with E-state index in [1.807, 2.05) is 23.4 Å². The van der Waals surface area contributed by atoms with Crippen LogP contribution in [-0.4, -0.2) is 49.7 Å². The molecular formula is C13H18N4O2S. The molecule has 0 saturated carbocycles. The second-order valence-corrected chi connectivity index (χ2v) is 5.30. The van der Waals surface area contributed by atoms with E-state index in [9.17, 15) is 4.79 Å². The number of carbonyl (C=O) groups is 1. The van der Waals surface area contributed by atoms with Crippen molar-refractivity contribution < 1.29 is 9.53 Å². The SMILES string of the molecule is COCCCNC(=O)CN(C)c1ncnc2ccsc12. The van der Waals surface area contributed by atoms with Gasteiger partial charge in [0.15, 0.2) is 0 Å². The summed E-state index contributed by atoms with van der Waals surface area (Å²) in [6, 6.07) is 1.95. The number of likely N-dealkylation sites (N-methyl/N-ethyl adjacent to an activating group) is 1. The maximum absolute atomic E-state index is 11.8. The summed E-state index contributed by atoms with van der Waals surface area (Å²) in [5, 5.41) is 4.83. The topological polar surface area (TPSA) is 67.3 Å². The maximum atomic E-state index is 11.8. The Morgan fingerprint density at radius 1 is 1.50 bits per heavy atom. The minimum absolute atomic E-state index is 0.0214. The van der Waals surface area contributed by atoms with Gasteiger partial charge in [0.05, 0.1) is 16.8 Å². The Bertz CT molecular complexity index is 572. The number of rotatable bonds is 7. The average Bonchev–Trinajstić information content (AvgIpc) is 2.91. The van der Waals surface area contributed by atoms with Gasteiger partial charge in [-0.15, -0.1) is 11.3 Å². The number of aromatic nitrogens is 2. The Hall–Kier alpha value is -1.73. The first-order valence-corrected chi connectivity index (χ1v) is 7.25. The van der Waals surface area contributed by atoms with E-state index in [1.165, 1.54) is 6.33 Å². The average molecular weight is 294 g/mol.